The van der Waals surface area contributed by atoms with E-state index in [0.717, 1.165) is 36.4 Å². The third kappa shape index (κ3) is 6.14. The number of hydrogen-bond acceptors (Lipinski definition) is 7. The maximum absolute atomic E-state index is 13.0. The highest BCUT2D eigenvalue weighted by Gasteiger charge is 2.36. The summed E-state index contributed by atoms with van der Waals surface area (Å²) in [4.78, 5) is 17.9. The van der Waals surface area contributed by atoms with E-state index in [9.17, 15) is 30.8 Å². The molecule has 1 atom stereocenters. The van der Waals surface area contributed by atoms with Crippen molar-refractivity contribution in [2.75, 3.05) is 0 Å². The lowest BCUT2D eigenvalue weighted by Gasteiger charge is -2.22. The highest BCUT2D eigenvalue weighted by atomic mass is 32.2. The number of sulfonamides is 1. The highest BCUT2D eigenvalue weighted by molar-refractivity contribution is 7.89. The van der Waals surface area contributed by atoms with Gasteiger partial charge in [-0.15, -0.1) is 13.2 Å². The molecule has 0 bridgehead atoms. The van der Waals surface area contributed by atoms with Crippen LogP contribution in [0.15, 0.2) is 57.9 Å². The number of ether oxygens (including phenoxy) is 1. The number of benzene rings is 2. The average molecular weight is 514 g/mol. The van der Waals surface area contributed by atoms with Gasteiger partial charge in [-0.1, -0.05) is 17.3 Å². The fourth-order valence-corrected chi connectivity index (χ4v) is 4.49. The van der Waals surface area contributed by atoms with E-state index in [4.69, 9.17) is 4.52 Å². The van der Waals surface area contributed by atoms with E-state index in [-0.39, 0.29) is 47.8 Å². The first-order chi connectivity index (χ1) is 16.5. The Balaban J connectivity index is 1.41. The molecule has 0 radical (unpaired) electrons. The summed E-state index contributed by atoms with van der Waals surface area (Å²) in [7, 11) is -3.94. The first-order valence-electron chi connectivity index (χ1n) is 10.2. The summed E-state index contributed by atoms with van der Waals surface area (Å²) < 4.78 is 86.1. The van der Waals surface area contributed by atoms with E-state index >= 15 is 0 Å². The first-order valence-corrected chi connectivity index (χ1v) is 11.7. The molecular weight excluding hydrogens is 496 g/mol. The Morgan fingerprint density at radius 1 is 1.11 bits per heavy atom. The van der Waals surface area contributed by atoms with Gasteiger partial charge in [0.2, 0.25) is 21.8 Å². The molecule has 1 saturated heterocycles. The van der Waals surface area contributed by atoms with Gasteiger partial charge in [-0.25, -0.2) is 17.5 Å². The molecule has 0 saturated carbocycles. The zero-order valence-electron chi connectivity index (χ0n) is 17.8. The van der Waals surface area contributed by atoms with Crippen molar-refractivity contribution in [2.45, 2.75) is 43.2 Å². The van der Waals surface area contributed by atoms with Gasteiger partial charge in [0, 0.05) is 13.0 Å². The third-order valence-electron chi connectivity index (χ3n) is 5.15. The van der Waals surface area contributed by atoms with Crippen molar-refractivity contribution in [3.63, 3.8) is 0 Å². The van der Waals surface area contributed by atoms with Crippen molar-refractivity contribution in [1.82, 2.24) is 19.8 Å². The largest absolute Gasteiger partial charge is 0.573 e. The number of rotatable bonds is 8. The lowest BCUT2D eigenvalue weighted by molar-refractivity contribution is -0.274. The minimum absolute atomic E-state index is 0.0265. The number of carbonyl (C=O) groups excluding carboxylic acids is 1. The van der Waals surface area contributed by atoms with Crippen LogP contribution in [0.3, 0.4) is 0 Å². The quantitative estimate of drug-likeness (QED) is 0.458. The predicted octanol–water partition coefficient (Wildman–Crippen LogP) is 3.45. The van der Waals surface area contributed by atoms with Crippen molar-refractivity contribution in [3.05, 3.63) is 71.6 Å². The van der Waals surface area contributed by atoms with Crippen molar-refractivity contribution in [2.24, 2.45) is 0 Å². The van der Waals surface area contributed by atoms with Crippen LogP contribution in [0.25, 0.3) is 0 Å². The van der Waals surface area contributed by atoms with Crippen LogP contribution in [0, 0.1) is 5.82 Å². The second-order valence-corrected chi connectivity index (χ2v) is 9.36. The number of halogens is 4. The molecule has 1 fully saturated rings. The smallest absolute Gasteiger partial charge is 0.406 e. The van der Waals surface area contributed by atoms with Crippen LogP contribution in [0.2, 0.25) is 0 Å². The molecule has 3 aromatic rings. The SMILES string of the molecule is O=C1CC[C@@H](c2nc(CNS(=O)(=O)c3ccc(F)cc3)no2)N1Cc1ccc(OC(F)(F)F)cc1. The van der Waals surface area contributed by atoms with Gasteiger partial charge in [0.05, 0.1) is 11.4 Å². The van der Waals surface area contributed by atoms with Gasteiger partial charge in [-0.3, -0.25) is 4.79 Å². The van der Waals surface area contributed by atoms with Crippen molar-refractivity contribution >= 4 is 15.9 Å². The summed E-state index contributed by atoms with van der Waals surface area (Å²) >= 11 is 0. The number of carbonyl (C=O) groups is 1. The second-order valence-electron chi connectivity index (χ2n) is 7.60. The molecule has 0 aliphatic carbocycles. The van der Waals surface area contributed by atoms with Crippen molar-refractivity contribution in [3.8, 4) is 5.75 Å². The number of alkyl halides is 3. The first kappa shape index (κ1) is 24.6. The second kappa shape index (κ2) is 9.62. The highest BCUT2D eigenvalue weighted by Crippen LogP contribution is 2.33. The molecular formula is C21H18F4N4O5S. The van der Waals surface area contributed by atoms with E-state index < -0.39 is 28.2 Å². The van der Waals surface area contributed by atoms with E-state index in [1.54, 1.807) is 0 Å². The number of nitrogens with one attached hydrogen (secondary N) is 1. The number of nitrogens with zero attached hydrogens (tertiary/aromatic N) is 3. The van der Waals surface area contributed by atoms with Crippen LogP contribution in [0.1, 0.15) is 36.2 Å². The van der Waals surface area contributed by atoms with Crippen LogP contribution >= 0.6 is 0 Å². The van der Waals surface area contributed by atoms with Crippen molar-refractivity contribution < 1.29 is 40.0 Å². The number of amides is 1. The van der Waals surface area contributed by atoms with Gasteiger partial charge in [0.25, 0.3) is 0 Å². The Labute approximate surface area is 196 Å². The molecule has 9 nitrogen and oxygen atoms in total. The number of aromatic nitrogens is 2. The van der Waals surface area contributed by atoms with E-state index in [1.807, 2.05) is 0 Å². The van der Waals surface area contributed by atoms with E-state index in [1.165, 1.54) is 17.0 Å². The van der Waals surface area contributed by atoms with Crippen LogP contribution < -0.4 is 9.46 Å². The molecule has 1 aromatic heterocycles. The molecule has 1 N–H and O–H groups in total. The van der Waals surface area contributed by atoms with E-state index in [0.29, 0.717) is 12.0 Å². The molecule has 0 spiro atoms. The van der Waals surface area contributed by atoms with Gasteiger partial charge < -0.3 is 14.2 Å². The molecule has 4 rings (SSSR count). The Bertz CT molecular complexity index is 1290. The Morgan fingerprint density at radius 2 is 1.80 bits per heavy atom. The van der Waals surface area contributed by atoms with Crippen LogP contribution in [0.4, 0.5) is 17.6 Å². The van der Waals surface area contributed by atoms with Gasteiger partial charge >= 0.3 is 6.36 Å². The molecule has 0 unspecified atom stereocenters. The number of hydrogen-bond donors (Lipinski definition) is 1. The van der Waals surface area contributed by atoms with E-state index in [2.05, 4.69) is 19.6 Å². The third-order valence-corrected chi connectivity index (χ3v) is 6.57. The Kier molecular flexibility index (Phi) is 6.76. The minimum Gasteiger partial charge on any atom is -0.406 e. The fourth-order valence-electron chi connectivity index (χ4n) is 3.51. The van der Waals surface area contributed by atoms with Gasteiger partial charge in [-0.05, 0) is 48.4 Å². The predicted molar refractivity (Wildman–Crippen MR) is 110 cm³/mol. The van der Waals surface area contributed by atoms with Crippen LogP contribution in [-0.2, 0) is 27.9 Å². The van der Waals surface area contributed by atoms with Crippen LogP contribution in [-0.4, -0.2) is 35.7 Å². The molecule has 1 amide bonds. The molecule has 2 heterocycles. The topological polar surface area (TPSA) is 115 Å². The normalized spacial score (nSPS) is 16.6. The average Bonchev–Trinajstić information content (AvgIpc) is 3.40. The molecule has 1 aliphatic heterocycles. The molecule has 2 aromatic carbocycles. The van der Waals surface area contributed by atoms with Gasteiger partial charge in [0.1, 0.15) is 17.6 Å². The standard InChI is InChI=1S/C21H18F4N4O5S/c22-14-3-7-16(8-4-14)35(31,32)26-11-18-27-20(34-28-18)17-9-10-19(30)29(17)12-13-1-5-15(6-2-13)33-21(23,24)25/h1-8,17,26H,9-12H2/t17-/m0/s1. The minimum atomic E-state index is -4.81. The summed E-state index contributed by atoms with van der Waals surface area (Å²) in [5.41, 5.74) is 0.562. The monoisotopic (exact) mass is 514 g/mol. The van der Waals surface area contributed by atoms with Crippen LogP contribution in [0.5, 0.6) is 5.75 Å². The molecule has 14 heteroatoms. The summed E-state index contributed by atoms with van der Waals surface area (Å²) in [6.07, 6.45) is -4.23. The summed E-state index contributed by atoms with van der Waals surface area (Å²) in [5, 5.41) is 3.75. The maximum atomic E-state index is 13.0. The maximum Gasteiger partial charge on any atom is 0.573 e. The molecule has 35 heavy (non-hydrogen) atoms. The van der Waals surface area contributed by atoms with Gasteiger partial charge in [-0.2, -0.15) is 4.98 Å². The summed E-state index contributed by atoms with van der Waals surface area (Å²) in [5.74, 6) is -1.03. The Hall–Kier alpha value is -3.52. The van der Waals surface area contributed by atoms with Gasteiger partial charge in [0.15, 0.2) is 5.82 Å². The zero-order valence-corrected chi connectivity index (χ0v) is 18.6. The number of likely N-dealkylation sites (tertiary alicyclic amines) is 1. The zero-order chi connectivity index (χ0) is 25.2. The summed E-state index contributed by atoms with van der Waals surface area (Å²) in [6, 6.07) is 8.80. The molecule has 186 valence electrons. The lowest BCUT2D eigenvalue weighted by atomic mass is 10.1. The Morgan fingerprint density at radius 3 is 2.46 bits per heavy atom. The van der Waals surface area contributed by atoms with Crippen molar-refractivity contribution in [1.29, 1.82) is 0 Å². The lowest BCUT2D eigenvalue weighted by Crippen LogP contribution is -2.27. The summed E-state index contributed by atoms with van der Waals surface area (Å²) in [6.45, 7) is -0.213. The fraction of sp³-hybridized carbons (Fsp3) is 0.286. The molecule has 1 aliphatic rings.